The average molecular weight is 286 g/mol. The van der Waals surface area contributed by atoms with E-state index in [0.717, 1.165) is 4.34 Å². The number of esters is 1. The molecule has 1 aliphatic rings. The van der Waals surface area contributed by atoms with Crippen LogP contribution in [0.2, 0.25) is 0 Å². The minimum atomic E-state index is -0.167. The van der Waals surface area contributed by atoms with E-state index >= 15 is 0 Å². The topological polar surface area (TPSA) is 52.1 Å². The zero-order valence-electron chi connectivity index (χ0n) is 10.6. The molecule has 0 atom stereocenters. The van der Waals surface area contributed by atoms with Crippen molar-refractivity contribution in [3.63, 3.8) is 0 Å². The maximum atomic E-state index is 11.0. The maximum Gasteiger partial charge on any atom is 0.306 e. The highest BCUT2D eigenvalue weighted by molar-refractivity contribution is 8.01. The van der Waals surface area contributed by atoms with Gasteiger partial charge in [-0.2, -0.15) is 0 Å². The number of hydrogen-bond donors (Lipinski definition) is 0. The van der Waals surface area contributed by atoms with Gasteiger partial charge >= 0.3 is 5.97 Å². The minimum Gasteiger partial charge on any atom is -0.469 e. The number of thioether (sulfide) groups is 1. The summed E-state index contributed by atoms with van der Waals surface area (Å²) in [5, 5.41) is 9.66. The molecule has 1 aromatic rings. The lowest BCUT2D eigenvalue weighted by Crippen LogP contribution is -2.03. The van der Waals surface area contributed by atoms with Gasteiger partial charge in [0.05, 0.1) is 13.5 Å². The van der Waals surface area contributed by atoms with Crippen molar-refractivity contribution in [2.45, 2.75) is 48.8 Å². The Balaban J connectivity index is 1.80. The van der Waals surface area contributed by atoms with Gasteiger partial charge in [0.1, 0.15) is 5.01 Å². The number of rotatable bonds is 5. The van der Waals surface area contributed by atoms with Crippen molar-refractivity contribution < 1.29 is 9.53 Å². The molecule has 6 heteroatoms. The van der Waals surface area contributed by atoms with Crippen molar-refractivity contribution in [1.29, 1.82) is 0 Å². The average Bonchev–Trinajstić information content (AvgIpc) is 2.88. The number of aromatic nitrogens is 2. The number of carbonyl (C=O) groups is 1. The van der Waals surface area contributed by atoms with Gasteiger partial charge in [0.2, 0.25) is 0 Å². The van der Waals surface area contributed by atoms with Gasteiger partial charge in [-0.25, -0.2) is 0 Å². The van der Waals surface area contributed by atoms with Crippen molar-refractivity contribution in [3.8, 4) is 0 Å². The number of ether oxygens (including phenoxy) is 1. The molecule has 100 valence electrons. The summed E-state index contributed by atoms with van der Waals surface area (Å²) in [6.45, 7) is 0. The molecule has 18 heavy (non-hydrogen) atoms. The predicted octanol–water partition coefficient (Wildman–Crippen LogP) is 3.24. The molecule has 0 bridgehead atoms. The fourth-order valence-electron chi connectivity index (χ4n) is 2.12. The number of methoxy groups -OCH3 is 1. The molecule has 0 N–H and O–H groups in total. The molecule has 0 amide bonds. The van der Waals surface area contributed by atoms with Crippen molar-refractivity contribution in [3.05, 3.63) is 5.01 Å². The van der Waals surface area contributed by atoms with E-state index in [1.54, 1.807) is 23.1 Å². The molecule has 1 heterocycles. The van der Waals surface area contributed by atoms with Crippen LogP contribution in [-0.2, 0) is 9.53 Å². The summed E-state index contributed by atoms with van der Waals surface area (Å²) in [5.41, 5.74) is 0. The van der Waals surface area contributed by atoms with Gasteiger partial charge in [-0.3, -0.25) is 4.79 Å². The van der Waals surface area contributed by atoms with Crippen LogP contribution in [0.25, 0.3) is 0 Å². The second-order valence-electron chi connectivity index (χ2n) is 4.42. The largest absolute Gasteiger partial charge is 0.469 e. The standard InChI is InChI=1S/C12H18N2O2S2/c1-16-10(15)7-8-17-12-14-13-11(18-12)9-5-3-2-4-6-9/h9H,2-8H2,1H3. The van der Waals surface area contributed by atoms with Crippen LogP contribution in [-0.4, -0.2) is 29.0 Å². The van der Waals surface area contributed by atoms with Gasteiger partial charge < -0.3 is 4.74 Å². The van der Waals surface area contributed by atoms with Crippen LogP contribution in [0.1, 0.15) is 49.5 Å². The molecular weight excluding hydrogens is 268 g/mol. The second kappa shape index (κ2) is 7.09. The van der Waals surface area contributed by atoms with Gasteiger partial charge in [-0.05, 0) is 12.8 Å². The van der Waals surface area contributed by atoms with Gasteiger partial charge in [0, 0.05) is 11.7 Å². The molecule has 1 saturated carbocycles. The fraction of sp³-hybridized carbons (Fsp3) is 0.750. The quantitative estimate of drug-likeness (QED) is 0.614. The Labute approximate surface area is 116 Å². The normalized spacial score (nSPS) is 16.7. The smallest absolute Gasteiger partial charge is 0.306 e. The summed E-state index contributed by atoms with van der Waals surface area (Å²) in [7, 11) is 1.42. The Kier molecular flexibility index (Phi) is 5.44. The molecule has 1 fully saturated rings. The number of carbonyl (C=O) groups excluding carboxylic acids is 1. The van der Waals surface area contributed by atoms with Gasteiger partial charge in [0.25, 0.3) is 0 Å². The summed E-state index contributed by atoms with van der Waals surface area (Å²) in [4.78, 5) is 11.0. The van der Waals surface area contributed by atoms with Gasteiger partial charge in [-0.1, -0.05) is 42.4 Å². The highest BCUT2D eigenvalue weighted by atomic mass is 32.2. The van der Waals surface area contributed by atoms with Gasteiger partial charge in [-0.15, -0.1) is 10.2 Å². The molecule has 0 unspecified atom stereocenters. The van der Waals surface area contributed by atoms with Crippen LogP contribution in [0.3, 0.4) is 0 Å². The molecule has 2 rings (SSSR count). The maximum absolute atomic E-state index is 11.0. The minimum absolute atomic E-state index is 0.167. The first kappa shape index (κ1) is 13.8. The third-order valence-corrected chi connectivity index (χ3v) is 5.36. The molecule has 1 aliphatic carbocycles. The Morgan fingerprint density at radius 1 is 1.39 bits per heavy atom. The molecule has 0 spiro atoms. The van der Waals surface area contributed by atoms with Crippen LogP contribution in [0, 0.1) is 0 Å². The van der Waals surface area contributed by atoms with Crippen LogP contribution in [0.4, 0.5) is 0 Å². The van der Waals surface area contributed by atoms with E-state index in [2.05, 4.69) is 14.9 Å². The first-order chi connectivity index (χ1) is 8.79. The Morgan fingerprint density at radius 3 is 2.89 bits per heavy atom. The summed E-state index contributed by atoms with van der Waals surface area (Å²) in [6.07, 6.45) is 6.92. The summed E-state index contributed by atoms with van der Waals surface area (Å²) >= 11 is 3.28. The van der Waals surface area contributed by atoms with E-state index in [4.69, 9.17) is 0 Å². The number of nitrogens with zero attached hydrogens (tertiary/aromatic N) is 2. The van der Waals surface area contributed by atoms with E-state index in [1.165, 1.54) is 44.2 Å². The summed E-state index contributed by atoms with van der Waals surface area (Å²) in [6, 6.07) is 0. The van der Waals surface area contributed by atoms with E-state index < -0.39 is 0 Å². The lowest BCUT2D eigenvalue weighted by molar-refractivity contribution is -0.140. The Bertz CT molecular complexity index is 389. The summed E-state index contributed by atoms with van der Waals surface area (Å²) < 4.78 is 5.58. The zero-order valence-corrected chi connectivity index (χ0v) is 12.2. The van der Waals surface area contributed by atoms with Crippen LogP contribution in [0.15, 0.2) is 4.34 Å². The van der Waals surface area contributed by atoms with E-state index in [0.29, 0.717) is 18.1 Å². The summed E-state index contributed by atoms with van der Waals surface area (Å²) in [5.74, 6) is 1.16. The van der Waals surface area contributed by atoms with E-state index in [1.807, 2.05) is 0 Å². The predicted molar refractivity (Wildman–Crippen MR) is 73.1 cm³/mol. The van der Waals surface area contributed by atoms with Crippen LogP contribution in [0.5, 0.6) is 0 Å². The number of hydrogen-bond acceptors (Lipinski definition) is 6. The molecule has 0 aliphatic heterocycles. The lowest BCUT2D eigenvalue weighted by Gasteiger charge is -2.18. The van der Waals surface area contributed by atoms with E-state index in [9.17, 15) is 4.79 Å². The highest BCUT2D eigenvalue weighted by Crippen LogP contribution is 2.36. The van der Waals surface area contributed by atoms with Crippen molar-refractivity contribution in [1.82, 2.24) is 10.2 Å². The third kappa shape index (κ3) is 3.95. The van der Waals surface area contributed by atoms with E-state index in [-0.39, 0.29) is 5.97 Å². The molecule has 1 aromatic heterocycles. The van der Waals surface area contributed by atoms with Crippen molar-refractivity contribution in [2.75, 3.05) is 12.9 Å². The Hall–Kier alpha value is -0.620. The first-order valence-electron chi connectivity index (χ1n) is 6.32. The van der Waals surface area contributed by atoms with Gasteiger partial charge in [0.15, 0.2) is 4.34 Å². The van der Waals surface area contributed by atoms with Crippen LogP contribution >= 0.6 is 23.1 Å². The lowest BCUT2D eigenvalue weighted by atomic mass is 9.90. The van der Waals surface area contributed by atoms with Crippen LogP contribution < -0.4 is 0 Å². The first-order valence-corrected chi connectivity index (χ1v) is 8.13. The molecular formula is C12H18N2O2S2. The highest BCUT2D eigenvalue weighted by Gasteiger charge is 2.19. The van der Waals surface area contributed by atoms with Crippen molar-refractivity contribution >= 4 is 29.1 Å². The second-order valence-corrected chi connectivity index (χ2v) is 6.77. The SMILES string of the molecule is COC(=O)CCSc1nnc(C2CCCCC2)s1. The molecule has 0 aromatic carbocycles. The molecule has 0 saturated heterocycles. The monoisotopic (exact) mass is 286 g/mol. The molecule has 0 radical (unpaired) electrons. The molecule has 4 nitrogen and oxygen atoms in total. The third-order valence-electron chi connectivity index (χ3n) is 3.14. The van der Waals surface area contributed by atoms with Crippen molar-refractivity contribution in [2.24, 2.45) is 0 Å². The zero-order chi connectivity index (χ0) is 12.8. The Morgan fingerprint density at radius 2 is 2.17 bits per heavy atom. The fourth-order valence-corrected chi connectivity index (χ4v) is 4.15.